The zero-order valence-corrected chi connectivity index (χ0v) is 7.53. The van der Waals surface area contributed by atoms with E-state index in [-0.39, 0.29) is 0 Å². The molecule has 0 N–H and O–H groups in total. The van der Waals surface area contributed by atoms with Crippen LogP contribution in [0.15, 0.2) is 0 Å². The number of hydrogen-bond donors (Lipinski definition) is 1. The lowest BCUT2D eigenvalue weighted by Gasteiger charge is -2.24. The van der Waals surface area contributed by atoms with E-state index in [4.69, 9.17) is 12.2 Å². The van der Waals surface area contributed by atoms with Crippen LogP contribution in [0.25, 0.3) is 0 Å². The van der Waals surface area contributed by atoms with Crippen LogP contribution in [0.1, 0.15) is 12.8 Å². The molecule has 1 saturated heterocycles. The highest BCUT2D eigenvalue weighted by atomic mass is 32.1. The molecular formula is C6H8NO2S2-. The Morgan fingerprint density at radius 2 is 2.36 bits per heavy atom. The number of rotatable bonds is 1. The number of thiocarbonyl (C=S) groups is 1. The molecule has 1 fully saturated rings. The minimum Gasteiger partial charge on any atom is -0.548 e. The van der Waals surface area contributed by atoms with Gasteiger partial charge < -0.3 is 14.8 Å². The topological polar surface area (TPSA) is 43.4 Å². The van der Waals surface area contributed by atoms with Gasteiger partial charge in [0.2, 0.25) is 0 Å². The zero-order chi connectivity index (χ0) is 8.43. The van der Waals surface area contributed by atoms with E-state index in [0.29, 0.717) is 17.3 Å². The van der Waals surface area contributed by atoms with Gasteiger partial charge in [0, 0.05) is 6.54 Å². The summed E-state index contributed by atoms with van der Waals surface area (Å²) in [6.07, 6.45) is 1.46. The number of hydrogen-bond acceptors (Lipinski definition) is 3. The minimum absolute atomic E-state index is 0.344. The van der Waals surface area contributed by atoms with Gasteiger partial charge in [-0.15, -0.1) is 12.6 Å². The van der Waals surface area contributed by atoms with Crippen molar-refractivity contribution in [2.24, 2.45) is 0 Å². The summed E-state index contributed by atoms with van der Waals surface area (Å²) in [4.78, 5) is 12.0. The maximum atomic E-state index is 10.5. The normalized spacial score (nSPS) is 23.7. The number of nitrogens with zero attached hydrogens (tertiary/aromatic N) is 1. The summed E-state index contributed by atoms with van der Waals surface area (Å²) >= 11 is 8.66. The summed E-state index contributed by atoms with van der Waals surface area (Å²) in [5, 5.41) is 10.5. The lowest BCUT2D eigenvalue weighted by atomic mass is 10.2. The van der Waals surface area contributed by atoms with Crippen LogP contribution in [0.2, 0.25) is 0 Å². The Morgan fingerprint density at radius 3 is 2.73 bits per heavy atom. The number of carboxylic acids is 1. The Bertz CT molecular complexity index is 175. The third kappa shape index (κ3) is 1.84. The van der Waals surface area contributed by atoms with Crippen molar-refractivity contribution in [3.8, 4) is 0 Å². The van der Waals surface area contributed by atoms with Gasteiger partial charge in [-0.25, -0.2) is 0 Å². The van der Waals surface area contributed by atoms with Crippen LogP contribution in [0, 0.1) is 0 Å². The minimum atomic E-state index is -1.06. The largest absolute Gasteiger partial charge is 0.548 e. The molecule has 1 aliphatic rings. The molecule has 3 nitrogen and oxygen atoms in total. The number of likely N-dealkylation sites (tertiary alicyclic amines) is 1. The second-order valence-electron chi connectivity index (χ2n) is 2.45. The van der Waals surface area contributed by atoms with Crippen LogP contribution in [-0.4, -0.2) is 27.8 Å². The zero-order valence-electron chi connectivity index (χ0n) is 5.82. The molecule has 1 atom stereocenters. The Hall–Kier alpha value is -0.290. The molecule has 0 unspecified atom stereocenters. The number of aliphatic carboxylic acids is 1. The SMILES string of the molecule is O=C([O-])[C@@H]1CCCN1C(=S)S. The fourth-order valence-electron chi connectivity index (χ4n) is 1.24. The molecule has 0 saturated carbocycles. The first-order valence-electron chi connectivity index (χ1n) is 3.33. The van der Waals surface area contributed by atoms with Gasteiger partial charge in [0.25, 0.3) is 0 Å². The first-order chi connectivity index (χ1) is 5.13. The lowest BCUT2D eigenvalue weighted by molar-refractivity contribution is -0.309. The highest BCUT2D eigenvalue weighted by Crippen LogP contribution is 2.18. The predicted octanol–water partition coefficient (Wildman–Crippen LogP) is -0.585. The van der Waals surface area contributed by atoms with Gasteiger partial charge in [-0.1, -0.05) is 12.2 Å². The lowest BCUT2D eigenvalue weighted by Crippen LogP contribution is -2.45. The van der Waals surface area contributed by atoms with Gasteiger partial charge in [0.1, 0.15) is 4.32 Å². The summed E-state index contributed by atoms with van der Waals surface area (Å²) in [5.41, 5.74) is 0. The van der Waals surface area contributed by atoms with Crippen molar-refractivity contribution in [2.45, 2.75) is 18.9 Å². The van der Waals surface area contributed by atoms with Crippen molar-refractivity contribution in [3.05, 3.63) is 0 Å². The molecule has 0 radical (unpaired) electrons. The molecule has 0 aromatic carbocycles. The van der Waals surface area contributed by atoms with Crippen molar-refractivity contribution in [2.75, 3.05) is 6.54 Å². The summed E-state index contributed by atoms with van der Waals surface area (Å²) < 4.78 is 0.344. The van der Waals surface area contributed by atoms with Crippen LogP contribution < -0.4 is 5.11 Å². The summed E-state index contributed by atoms with van der Waals surface area (Å²) in [6, 6.07) is -0.556. The smallest absolute Gasteiger partial charge is 0.133 e. The molecular weight excluding hydrogens is 182 g/mol. The fourth-order valence-corrected chi connectivity index (χ4v) is 1.70. The third-order valence-electron chi connectivity index (χ3n) is 1.77. The molecule has 0 amide bonds. The van der Waals surface area contributed by atoms with Crippen molar-refractivity contribution in [3.63, 3.8) is 0 Å². The Labute approximate surface area is 75.8 Å². The summed E-state index contributed by atoms with van der Waals surface area (Å²) in [7, 11) is 0. The average molecular weight is 190 g/mol. The molecule has 1 aliphatic heterocycles. The van der Waals surface area contributed by atoms with Crippen LogP contribution >= 0.6 is 24.8 Å². The van der Waals surface area contributed by atoms with Crippen LogP contribution in [-0.2, 0) is 4.79 Å². The molecule has 0 aromatic rings. The predicted molar refractivity (Wildman–Crippen MR) is 46.3 cm³/mol. The van der Waals surface area contributed by atoms with Crippen molar-refractivity contribution in [1.82, 2.24) is 4.90 Å². The molecule has 1 rings (SSSR count). The van der Waals surface area contributed by atoms with E-state index in [9.17, 15) is 9.90 Å². The van der Waals surface area contributed by atoms with Crippen LogP contribution in [0.3, 0.4) is 0 Å². The molecule has 0 spiro atoms. The molecule has 0 aliphatic carbocycles. The number of thiol groups is 1. The standard InChI is InChI=1S/C6H9NO2S2/c8-5(9)4-2-1-3-7(4)6(10)11/h4H,1-3H2,(H,8,9)(H,10,11)/p-1/t4-/m0/s1. The first kappa shape index (κ1) is 8.80. The van der Waals surface area contributed by atoms with Gasteiger partial charge >= 0.3 is 0 Å². The van der Waals surface area contributed by atoms with E-state index in [0.717, 1.165) is 6.42 Å². The van der Waals surface area contributed by atoms with Crippen molar-refractivity contribution < 1.29 is 9.90 Å². The number of carboxylic acid groups (broad SMARTS) is 1. The van der Waals surface area contributed by atoms with Gasteiger partial charge in [0.05, 0.1) is 12.0 Å². The van der Waals surface area contributed by atoms with Gasteiger partial charge in [-0.3, -0.25) is 0 Å². The molecule has 0 bridgehead atoms. The van der Waals surface area contributed by atoms with E-state index < -0.39 is 12.0 Å². The quantitative estimate of drug-likeness (QED) is 0.443. The van der Waals surface area contributed by atoms with Crippen LogP contribution in [0.5, 0.6) is 0 Å². The van der Waals surface area contributed by atoms with E-state index in [1.807, 2.05) is 0 Å². The molecule has 11 heavy (non-hydrogen) atoms. The second kappa shape index (κ2) is 3.40. The molecule has 0 aromatic heterocycles. The van der Waals surface area contributed by atoms with Gasteiger partial charge in [-0.2, -0.15) is 0 Å². The summed E-state index contributed by atoms with van der Waals surface area (Å²) in [6.45, 7) is 0.682. The molecule has 62 valence electrons. The van der Waals surface area contributed by atoms with Crippen molar-refractivity contribution in [1.29, 1.82) is 0 Å². The highest BCUT2D eigenvalue weighted by molar-refractivity contribution is 8.10. The number of carbonyl (C=O) groups is 1. The maximum Gasteiger partial charge on any atom is 0.133 e. The molecule has 5 heteroatoms. The highest BCUT2D eigenvalue weighted by Gasteiger charge is 2.25. The number of carbonyl (C=O) groups excluding carboxylic acids is 1. The molecule has 1 heterocycles. The van der Waals surface area contributed by atoms with E-state index in [2.05, 4.69) is 12.6 Å². The summed E-state index contributed by atoms with van der Waals surface area (Å²) in [5.74, 6) is -1.06. The second-order valence-corrected chi connectivity index (χ2v) is 3.57. The maximum absolute atomic E-state index is 10.5. The average Bonchev–Trinajstić information content (AvgIpc) is 2.32. The van der Waals surface area contributed by atoms with Crippen LogP contribution in [0.4, 0.5) is 0 Å². The van der Waals surface area contributed by atoms with Crippen molar-refractivity contribution >= 4 is 35.1 Å². The van der Waals surface area contributed by atoms with E-state index >= 15 is 0 Å². The Morgan fingerprint density at radius 1 is 1.73 bits per heavy atom. The van der Waals surface area contributed by atoms with E-state index in [1.54, 1.807) is 4.90 Å². The first-order valence-corrected chi connectivity index (χ1v) is 4.19. The Balaban J connectivity index is 2.65. The third-order valence-corrected chi connectivity index (χ3v) is 2.26. The van der Waals surface area contributed by atoms with Gasteiger partial charge in [-0.05, 0) is 12.8 Å². The van der Waals surface area contributed by atoms with E-state index in [1.165, 1.54) is 0 Å². The Kier molecular flexibility index (Phi) is 2.72. The fraction of sp³-hybridized carbons (Fsp3) is 0.667. The van der Waals surface area contributed by atoms with Gasteiger partial charge in [0.15, 0.2) is 0 Å². The monoisotopic (exact) mass is 190 g/mol.